The van der Waals surface area contributed by atoms with E-state index >= 15 is 0 Å². The Labute approximate surface area is 412 Å². The number of hydrogen-bond donors (Lipinski definition) is 10. The lowest BCUT2D eigenvalue weighted by Gasteiger charge is -2.31. The minimum absolute atomic E-state index is 0.0145. The van der Waals surface area contributed by atoms with Crippen LogP contribution < -0.4 is 42.8 Å². The summed E-state index contributed by atoms with van der Waals surface area (Å²) in [5.74, 6) is -5.10. The number of carbonyl (C=O) groups is 8. The van der Waals surface area contributed by atoms with Crippen LogP contribution >= 0.6 is 0 Å². The lowest BCUT2D eigenvalue weighted by Crippen LogP contribution is -2.58. The molecule has 22 nitrogen and oxygen atoms in total. The van der Waals surface area contributed by atoms with Gasteiger partial charge in [-0.3, -0.25) is 33.6 Å². The average molecular weight is 988 g/mol. The molecule has 0 aliphatic carbocycles. The van der Waals surface area contributed by atoms with Gasteiger partial charge in [0.15, 0.2) is 0 Å². The van der Waals surface area contributed by atoms with Crippen molar-refractivity contribution < 1.29 is 53.3 Å². The molecule has 386 valence electrons. The van der Waals surface area contributed by atoms with E-state index in [4.69, 9.17) is 16.2 Å². The molecule has 7 atom stereocenters. The zero-order valence-electron chi connectivity index (χ0n) is 40.2. The molecule has 12 N–H and O–H groups in total. The van der Waals surface area contributed by atoms with E-state index < -0.39 is 103 Å². The van der Waals surface area contributed by atoms with Gasteiger partial charge in [-0.1, -0.05) is 62.2 Å². The van der Waals surface area contributed by atoms with E-state index in [2.05, 4.69) is 36.6 Å². The van der Waals surface area contributed by atoms with Crippen LogP contribution in [0.1, 0.15) is 88.0 Å². The third-order valence-corrected chi connectivity index (χ3v) is 12.5. The Hall–Kier alpha value is -6.91. The van der Waals surface area contributed by atoms with E-state index in [9.17, 15) is 48.6 Å². The summed E-state index contributed by atoms with van der Waals surface area (Å²) in [5, 5.41) is 32.7. The molecule has 2 fully saturated rings. The van der Waals surface area contributed by atoms with Gasteiger partial charge in [0.25, 0.3) is 0 Å². The second kappa shape index (κ2) is 28.1. The number of rotatable bonds is 28. The third kappa shape index (κ3) is 16.6. The quantitative estimate of drug-likeness (QED) is 0.0412. The molecule has 2 aromatic carbocycles. The van der Waals surface area contributed by atoms with Crippen molar-refractivity contribution in [3.05, 3.63) is 83.9 Å². The number of amides is 7. The lowest BCUT2D eigenvalue weighted by atomic mass is 10.0. The first kappa shape index (κ1) is 55.0. The normalized spacial score (nSPS) is 17.5. The largest absolute Gasteiger partial charge is 0.489 e. The first-order valence-corrected chi connectivity index (χ1v) is 24.3. The number of nitrogens with zero attached hydrogens (tertiary/aromatic N) is 3. The van der Waals surface area contributed by atoms with Gasteiger partial charge in [-0.25, -0.2) is 9.78 Å². The maximum Gasteiger partial charge on any atom is 0.326 e. The van der Waals surface area contributed by atoms with Crippen molar-refractivity contribution in [2.75, 3.05) is 32.8 Å². The number of benzene rings is 2. The van der Waals surface area contributed by atoms with Crippen molar-refractivity contribution >= 4 is 47.3 Å². The van der Waals surface area contributed by atoms with Gasteiger partial charge >= 0.3 is 5.97 Å². The molecule has 0 bridgehead atoms. The molecule has 0 saturated carbocycles. The number of imidazole rings is 1. The number of aromatic nitrogens is 2. The summed E-state index contributed by atoms with van der Waals surface area (Å²) in [6, 6.07) is 8.66. The second-order valence-corrected chi connectivity index (χ2v) is 17.9. The van der Waals surface area contributed by atoms with E-state index in [1.54, 1.807) is 24.3 Å². The molecule has 0 radical (unpaired) electrons. The Morgan fingerprint density at radius 1 is 0.761 bits per heavy atom. The Morgan fingerprint density at radius 3 is 2.04 bits per heavy atom. The van der Waals surface area contributed by atoms with Gasteiger partial charge in [0.2, 0.25) is 41.4 Å². The highest BCUT2D eigenvalue weighted by Crippen LogP contribution is 2.23. The number of H-pyrrole nitrogens is 1. The summed E-state index contributed by atoms with van der Waals surface area (Å²) >= 11 is 0. The summed E-state index contributed by atoms with van der Waals surface area (Å²) in [4.78, 5) is 117. The third-order valence-electron chi connectivity index (χ3n) is 12.5. The van der Waals surface area contributed by atoms with Gasteiger partial charge in [-0.05, 0) is 81.2 Å². The number of nitrogens with two attached hydrogens (primary N) is 2. The fraction of sp³-hybridized carbons (Fsp3) is 0.531. The fourth-order valence-corrected chi connectivity index (χ4v) is 8.55. The highest BCUT2D eigenvalue weighted by Gasteiger charge is 2.41. The molecule has 2 aliphatic rings. The maximum atomic E-state index is 14.2. The van der Waals surface area contributed by atoms with E-state index in [-0.39, 0.29) is 45.2 Å². The Kier molecular flexibility index (Phi) is 21.8. The van der Waals surface area contributed by atoms with E-state index in [1.807, 2.05) is 37.3 Å². The van der Waals surface area contributed by atoms with Crippen molar-refractivity contribution in [3.63, 3.8) is 0 Å². The number of nitrogens with one attached hydrogen (secondary N) is 6. The van der Waals surface area contributed by atoms with Gasteiger partial charge < -0.3 is 67.8 Å². The standard InChI is InChI=1S/C49H69N11O11/c1-2-3-13-37(48(68)60-23-10-16-41(60)47(67)58-39(49(69)70)24-31-17-19-34(20-18-31)71-29-32-11-5-4-6-12-32)56-46(66)40-15-9-22-59(40)42(62)27-53-44(64)36(14-7-8-21-50)55-45(65)38(25-33-26-52-30-54-33)57-43(63)35(51)28-61/h4-6,11-12,17-20,26,30,35-41,61H,2-3,7-10,13-16,21-25,27-29,50-51H2,1H3,(H,52,54)(H,53,64)(H,55,65)(H,56,66)(H,57,63)(H,58,67)(H,69,70)/t35-,36-,37-,38-,39-,40-,41-/m0/s1. The molecule has 22 heteroatoms. The molecule has 5 rings (SSSR count). The number of aliphatic hydroxyl groups is 1. The Balaban J connectivity index is 1.18. The predicted octanol–water partition coefficient (Wildman–Crippen LogP) is -0.465. The van der Waals surface area contributed by atoms with Gasteiger partial charge in [0, 0.05) is 37.8 Å². The van der Waals surface area contributed by atoms with Crippen LogP contribution in [-0.4, -0.2) is 152 Å². The molecule has 7 amide bonds. The van der Waals surface area contributed by atoms with Crippen molar-refractivity contribution in [3.8, 4) is 5.75 Å². The summed E-state index contributed by atoms with van der Waals surface area (Å²) in [7, 11) is 0. The van der Waals surface area contributed by atoms with Crippen LogP contribution in [0.2, 0.25) is 0 Å². The number of ether oxygens (including phenoxy) is 1. The summed E-state index contributed by atoms with van der Waals surface area (Å²) in [5.41, 5.74) is 13.5. The van der Waals surface area contributed by atoms with E-state index in [0.29, 0.717) is 75.1 Å². The molecule has 3 heterocycles. The topological polar surface area (TPSA) is 334 Å². The highest BCUT2D eigenvalue weighted by molar-refractivity contribution is 5.97. The maximum absolute atomic E-state index is 14.2. The van der Waals surface area contributed by atoms with Crippen molar-refractivity contribution in [2.45, 2.75) is 133 Å². The van der Waals surface area contributed by atoms with Crippen molar-refractivity contribution in [2.24, 2.45) is 11.5 Å². The summed E-state index contributed by atoms with van der Waals surface area (Å²) in [6.07, 6.45) is 6.96. The molecule has 2 aliphatic heterocycles. The number of aliphatic carboxylic acids is 1. The number of carbonyl (C=O) groups excluding carboxylic acids is 7. The highest BCUT2D eigenvalue weighted by atomic mass is 16.5. The first-order valence-electron chi connectivity index (χ1n) is 24.3. The predicted molar refractivity (Wildman–Crippen MR) is 259 cm³/mol. The monoisotopic (exact) mass is 988 g/mol. The van der Waals surface area contributed by atoms with Crippen LogP contribution in [0, 0.1) is 0 Å². The van der Waals surface area contributed by atoms with Gasteiger partial charge in [-0.15, -0.1) is 0 Å². The molecule has 0 spiro atoms. The Morgan fingerprint density at radius 2 is 1.41 bits per heavy atom. The number of hydrogen-bond acceptors (Lipinski definition) is 13. The SMILES string of the molecule is CCCC[C@H](NC(=O)[C@@H]1CCCN1C(=O)CNC(=O)[C@H](CCCCN)NC(=O)[C@H](Cc1cnc[nH]1)NC(=O)[C@@H](N)CO)C(=O)N1CCC[C@H]1C(=O)N[C@@H](Cc1ccc(OCc2ccccc2)cc1)C(=O)O. The number of aromatic amines is 1. The number of carboxylic acids is 1. The number of carboxylic acid groups (broad SMARTS) is 1. The molecular weight excluding hydrogens is 919 g/mol. The van der Waals surface area contributed by atoms with Gasteiger partial charge in [0.05, 0.1) is 19.5 Å². The fourth-order valence-electron chi connectivity index (χ4n) is 8.55. The van der Waals surface area contributed by atoms with Gasteiger partial charge in [-0.2, -0.15) is 0 Å². The first-order chi connectivity index (χ1) is 34.2. The number of likely N-dealkylation sites (tertiary alicyclic amines) is 2. The smallest absolute Gasteiger partial charge is 0.326 e. The van der Waals surface area contributed by atoms with Crippen molar-refractivity contribution in [1.29, 1.82) is 0 Å². The van der Waals surface area contributed by atoms with Crippen LogP contribution in [-0.2, 0) is 57.8 Å². The summed E-state index contributed by atoms with van der Waals surface area (Å²) < 4.78 is 5.84. The second-order valence-electron chi connectivity index (χ2n) is 17.9. The minimum Gasteiger partial charge on any atom is -0.489 e. The number of aliphatic hydroxyl groups excluding tert-OH is 1. The molecule has 3 aromatic rings. The van der Waals surface area contributed by atoms with E-state index in [0.717, 1.165) is 5.56 Å². The van der Waals surface area contributed by atoms with E-state index in [1.165, 1.54) is 22.3 Å². The molecule has 0 unspecified atom stereocenters. The number of unbranched alkanes of at least 4 members (excludes halogenated alkanes) is 2. The molecule has 2 saturated heterocycles. The molecule has 1 aromatic heterocycles. The van der Waals surface area contributed by atoms with Crippen LogP contribution in [0.3, 0.4) is 0 Å². The summed E-state index contributed by atoms with van der Waals surface area (Å²) in [6.45, 7) is 1.86. The van der Waals surface area contributed by atoms with Crippen LogP contribution in [0.5, 0.6) is 5.75 Å². The van der Waals surface area contributed by atoms with Crippen molar-refractivity contribution in [1.82, 2.24) is 46.4 Å². The van der Waals surface area contributed by atoms with Gasteiger partial charge in [0.1, 0.15) is 54.6 Å². The van der Waals surface area contributed by atoms with Crippen LogP contribution in [0.25, 0.3) is 0 Å². The zero-order valence-corrected chi connectivity index (χ0v) is 40.2. The molecular formula is C49H69N11O11. The van der Waals surface area contributed by atoms with Crippen LogP contribution in [0.15, 0.2) is 67.1 Å². The zero-order chi connectivity index (χ0) is 51.3. The molecule has 71 heavy (non-hydrogen) atoms. The van der Waals surface area contributed by atoms with Crippen LogP contribution in [0.4, 0.5) is 0 Å². The average Bonchev–Trinajstić information content (AvgIpc) is 4.19. The lowest BCUT2D eigenvalue weighted by molar-refractivity contribution is -0.145. The Bertz CT molecular complexity index is 2230. The minimum atomic E-state index is -1.30.